The van der Waals surface area contributed by atoms with Crippen molar-refractivity contribution in [3.05, 3.63) is 12.2 Å². The lowest BCUT2D eigenvalue weighted by Crippen LogP contribution is -2.59. The number of urea groups is 1. The smallest absolute Gasteiger partial charge is 0.328 e. The molecule has 2 aliphatic heterocycles. The number of allylic oxidation sites excluding steroid dienone is 2. The number of fused-ring (bicyclic) bond motifs is 1. The number of methoxy groups -OCH3 is 1. The number of aliphatic hydroxyl groups is 1. The van der Waals surface area contributed by atoms with E-state index in [-0.39, 0.29) is 12.5 Å². The summed E-state index contributed by atoms with van der Waals surface area (Å²) >= 11 is 0. The highest BCUT2D eigenvalue weighted by Gasteiger charge is 2.38. The number of rotatable bonds is 1. The van der Waals surface area contributed by atoms with Gasteiger partial charge in [-0.1, -0.05) is 12.2 Å². The third-order valence-electron chi connectivity index (χ3n) is 5.15. The molecule has 27 heavy (non-hydrogen) atoms. The van der Waals surface area contributed by atoms with Gasteiger partial charge in [0.25, 0.3) is 0 Å². The number of esters is 1. The van der Waals surface area contributed by atoms with Crippen LogP contribution in [0.4, 0.5) is 4.79 Å². The van der Waals surface area contributed by atoms with Crippen molar-refractivity contribution in [1.82, 2.24) is 15.1 Å². The number of nitrogens with one attached hydrogen (secondary N) is 1. The van der Waals surface area contributed by atoms with Gasteiger partial charge in [-0.15, -0.1) is 0 Å². The number of piperidine rings is 1. The zero-order valence-electron chi connectivity index (χ0n) is 16.2. The van der Waals surface area contributed by atoms with Crippen LogP contribution >= 0.6 is 0 Å². The van der Waals surface area contributed by atoms with Gasteiger partial charge in [0.05, 0.1) is 13.2 Å². The number of carbonyl (C=O) groups is 3. The maximum absolute atomic E-state index is 12.9. The molecule has 0 saturated carbocycles. The van der Waals surface area contributed by atoms with Crippen LogP contribution in [0.15, 0.2) is 12.2 Å². The molecule has 1 unspecified atom stereocenters. The fraction of sp³-hybridized carbons (Fsp3) is 0.737. The molecule has 8 heteroatoms. The maximum Gasteiger partial charge on any atom is 0.328 e. The molecule has 2 heterocycles. The van der Waals surface area contributed by atoms with Gasteiger partial charge in [-0.2, -0.15) is 0 Å². The molecule has 3 atom stereocenters. The Labute approximate surface area is 160 Å². The van der Waals surface area contributed by atoms with Crippen molar-refractivity contribution < 1.29 is 24.2 Å². The van der Waals surface area contributed by atoms with E-state index < -0.39 is 30.1 Å². The normalized spacial score (nSPS) is 28.6. The molecular weight excluding hydrogens is 350 g/mol. The van der Waals surface area contributed by atoms with E-state index in [1.807, 2.05) is 6.08 Å². The van der Waals surface area contributed by atoms with Crippen molar-refractivity contribution in [2.45, 2.75) is 63.1 Å². The fourth-order valence-electron chi connectivity index (χ4n) is 3.51. The standard InChI is InChI=1S/C19H31N3O5/c1-21-11-8-6-4-3-5-7-9-15(18(25)27-2)20-17(24)16-13-14(23)10-12-22(16)19(21)26/h3,5,14-16,23H,4,6-13H2,1-2H3,(H,20,24)/t14-,15-,16?/m1/s1. The van der Waals surface area contributed by atoms with Gasteiger partial charge in [0.1, 0.15) is 12.1 Å². The van der Waals surface area contributed by atoms with Crippen LogP contribution in [-0.4, -0.2) is 78.2 Å². The topological polar surface area (TPSA) is 99.2 Å². The van der Waals surface area contributed by atoms with Crippen molar-refractivity contribution in [2.75, 3.05) is 27.2 Å². The molecule has 3 amide bonds. The van der Waals surface area contributed by atoms with E-state index in [0.29, 0.717) is 32.4 Å². The van der Waals surface area contributed by atoms with Crippen LogP contribution in [0.1, 0.15) is 44.9 Å². The van der Waals surface area contributed by atoms with Gasteiger partial charge in [0.2, 0.25) is 5.91 Å². The van der Waals surface area contributed by atoms with Crippen LogP contribution < -0.4 is 5.32 Å². The molecule has 0 aliphatic carbocycles. The van der Waals surface area contributed by atoms with Gasteiger partial charge in [0, 0.05) is 26.6 Å². The second-order valence-corrected chi connectivity index (χ2v) is 7.22. The summed E-state index contributed by atoms with van der Waals surface area (Å²) in [4.78, 5) is 40.9. The molecule has 0 radical (unpaired) electrons. The number of hydrogen-bond acceptors (Lipinski definition) is 5. The third-order valence-corrected chi connectivity index (χ3v) is 5.15. The molecule has 2 rings (SSSR count). The molecule has 1 fully saturated rings. The number of nitrogens with zero attached hydrogens (tertiary/aromatic N) is 2. The summed E-state index contributed by atoms with van der Waals surface area (Å²) in [5, 5.41) is 12.7. The van der Waals surface area contributed by atoms with E-state index in [2.05, 4.69) is 11.4 Å². The van der Waals surface area contributed by atoms with Crippen LogP contribution in [0.2, 0.25) is 0 Å². The second kappa shape index (κ2) is 10.3. The summed E-state index contributed by atoms with van der Waals surface area (Å²) in [6.45, 7) is 0.928. The van der Waals surface area contributed by atoms with E-state index >= 15 is 0 Å². The lowest BCUT2D eigenvalue weighted by molar-refractivity contribution is -0.146. The van der Waals surface area contributed by atoms with Gasteiger partial charge in [-0.25, -0.2) is 9.59 Å². The Kier molecular flexibility index (Phi) is 8.09. The number of carbonyl (C=O) groups excluding carboxylic acids is 3. The molecule has 8 nitrogen and oxygen atoms in total. The molecule has 0 spiro atoms. The zero-order chi connectivity index (χ0) is 19.8. The largest absolute Gasteiger partial charge is 0.467 e. The molecule has 0 aromatic rings. The quantitative estimate of drug-likeness (QED) is 0.522. The van der Waals surface area contributed by atoms with E-state index in [1.165, 1.54) is 12.0 Å². The van der Waals surface area contributed by atoms with Crippen molar-refractivity contribution in [1.29, 1.82) is 0 Å². The number of ether oxygens (including phenoxy) is 1. The molecule has 2 N–H and O–H groups in total. The minimum atomic E-state index is -0.795. The van der Waals surface area contributed by atoms with Gasteiger partial charge in [-0.3, -0.25) is 4.79 Å². The molecule has 152 valence electrons. The van der Waals surface area contributed by atoms with E-state index in [0.717, 1.165) is 19.3 Å². The van der Waals surface area contributed by atoms with Crippen LogP contribution in [0, 0.1) is 0 Å². The minimum absolute atomic E-state index is 0.166. The van der Waals surface area contributed by atoms with E-state index in [1.54, 1.807) is 11.9 Å². The average molecular weight is 381 g/mol. The van der Waals surface area contributed by atoms with E-state index in [4.69, 9.17) is 4.74 Å². The maximum atomic E-state index is 12.9. The SMILES string of the molecule is COC(=O)[C@H]1CCC=CCCCCN(C)C(=O)N2CC[C@@H](O)CC2C(=O)N1. The third kappa shape index (κ3) is 5.95. The Bertz CT molecular complexity index is 566. The summed E-state index contributed by atoms with van der Waals surface area (Å²) in [6, 6.07) is -1.79. The van der Waals surface area contributed by atoms with Crippen molar-refractivity contribution in [3.63, 3.8) is 0 Å². The molecule has 0 aromatic carbocycles. The van der Waals surface area contributed by atoms with Crippen LogP contribution in [0.3, 0.4) is 0 Å². The second-order valence-electron chi connectivity index (χ2n) is 7.22. The summed E-state index contributed by atoms with van der Waals surface area (Å²) in [7, 11) is 3.02. The predicted molar refractivity (Wildman–Crippen MR) is 99.9 cm³/mol. The first kappa shape index (κ1) is 21.2. The van der Waals surface area contributed by atoms with Crippen molar-refractivity contribution in [2.24, 2.45) is 0 Å². The molecular formula is C19H31N3O5. The summed E-state index contributed by atoms with van der Waals surface area (Å²) in [6.07, 6.45) is 7.87. The van der Waals surface area contributed by atoms with Gasteiger partial charge >= 0.3 is 12.0 Å². The first-order valence-electron chi connectivity index (χ1n) is 9.67. The lowest BCUT2D eigenvalue weighted by atomic mass is 9.98. The Morgan fingerprint density at radius 3 is 2.67 bits per heavy atom. The number of hydrogen-bond donors (Lipinski definition) is 2. The van der Waals surface area contributed by atoms with Crippen LogP contribution in [0.25, 0.3) is 0 Å². The van der Waals surface area contributed by atoms with Crippen molar-refractivity contribution in [3.8, 4) is 0 Å². The van der Waals surface area contributed by atoms with Crippen LogP contribution in [-0.2, 0) is 14.3 Å². The van der Waals surface area contributed by atoms with Crippen LogP contribution in [0.5, 0.6) is 0 Å². The monoisotopic (exact) mass is 381 g/mol. The Hall–Kier alpha value is -2.09. The van der Waals surface area contributed by atoms with Gasteiger partial charge < -0.3 is 25.0 Å². The first-order valence-corrected chi connectivity index (χ1v) is 9.67. The average Bonchev–Trinajstić information content (AvgIpc) is 2.67. The zero-order valence-corrected chi connectivity index (χ0v) is 16.2. The summed E-state index contributed by atoms with van der Waals surface area (Å²) < 4.78 is 4.81. The number of amides is 3. The highest BCUT2D eigenvalue weighted by Crippen LogP contribution is 2.20. The predicted octanol–water partition coefficient (Wildman–Crippen LogP) is 1.04. The highest BCUT2D eigenvalue weighted by atomic mass is 16.5. The first-order chi connectivity index (χ1) is 12.9. The molecule has 2 aliphatic rings. The Morgan fingerprint density at radius 1 is 1.19 bits per heavy atom. The lowest BCUT2D eigenvalue weighted by Gasteiger charge is -2.39. The van der Waals surface area contributed by atoms with Gasteiger partial charge in [0.15, 0.2) is 0 Å². The number of aliphatic hydroxyl groups excluding tert-OH is 1. The Morgan fingerprint density at radius 2 is 1.93 bits per heavy atom. The molecule has 0 aromatic heterocycles. The summed E-state index contributed by atoms with van der Waals surface area (Å²) in [5.41, 5.74) is 0. The fourth-order valence-corrected chi connectivity index (χ4v) is 3.51. The molecule has 1 saturated heterocycles. The summed E-state index contributed by atoms with van der Waals surface area (Å²) in [5.74, 6) is -0.933. The minimum Gasteiger partial charge on any atom is -0.467 e. The van der Waals surface area contributed by atoms with E-state index in [9.17, 15) is 19.5 Å². The molecule has 0 bridgehead atoms. The van der Waals surface area contributed by atoms with Gasteiger partial charge in [-0.05, 0) is 38.5 Å². The van der Waals surface area contributed by atoms with Crippen molar-refractivity contribution >= 4 is 17.9 Å². The Balaban J connectivity index is 2.22. The highest BCUT2D eigenvalue weighted by molar-refractivity contribution is 5.90.